The Hall–Kier alpha value is -6.79. The van der Waals surface area contributed by atoms with Gasteiger partial charge in [-0.3, -0.25) is 0 Å². The topological polar surface area (TPSA) is 76.0 Å². The monoisotopic (exact) mass is 882 g/mol. The van der Waals surface area contributed by atoms with Crippen molar-refractivity contribution in [1.29, 1.82) is 0 Å². The van der Waals surface area contributed by atoms with Gasteiger partial charge in [0.25, 0.3) is 0 Å². The molecule has 7 aromatic carbocycles. The van der Waals surface area contributed by atoms with Crippen molar-refractivity contribution in [2.75, 3.05) is 0 Å². The molecule has 0 aromatic heterocycles. The molecule has 0 spiro atoms. The number of aromatic carboxylic acids is 1. The third-order valence-corrected chi connectivity index (χ3v) is 15.7. The molecular weight excluding hydrogens is 825 g/mol. The number of rotatable bonds is 11. The van der Waals surface area contributed by atoms with Crippen molar-refractivity contribution in [1.82, 2.24) is 0 Å². The van der Waals surface area contributed by atoms with Crippen LogP contribution in [0.5, 0.6) is 5.75 Å². The molecule has 0 aliphatic heterocycles. The number of carboxylic acid groups (broad SMARTS) is 1. The van der Waals surface area contributed by atoms with Gasteiger partial charge in [-0.05, 0) is 171 Å². The van der Waals surface area contributed by atoms with Crippen molar-refractivity contribution in [3.8, 4) is 39.1 Å². The van der Waals surface area contributed by atoms with Crippen molar-refractivity contribution in [2.24, 2.45) is 5.41 Å². The van der Waals surface area contributed by atoms with Gasteiger partial charge in [0.15, 0.2) is 5.75 Å². The first-order valence-electron chi connectivity index (χ1n) is 23.6. The smallest absolute Gasteiger partial charge is 0.335 e. The van der Waals surface area contributed by atoms with Gasteiger partial charge in [-0.1, -0.05) is 188 Å². The molecule has 10 rings (SSSR count). The standard InChI is InChI=1S/C62H58O5/c1-42-5-9-44(10-6-42)47-17-27-53(28-18-47)59(3)37-61(55-31-21-49(22-32-55)45-11-7-43(2)8-12-45)39-60(4,54-29-19-48(20-30-54)51-25-35-57(36-26-51)66-67-65)40-62(38-59,41-61)56-33-23-50(24-34-56)46-13-15-52(16-14-46)58(63)64/h5-21,23-31,33-36,65H,22,32,37-41H2,1-4H3,(H,63,64). The number of benzene rings is 7. The lowest BCUT2D eigenvalue weighted by Crippen LogP contribution is -2.58. The summed E-state index contributed by atoms with van der Waals surface area (Å²) in [5.74, 6) is -0.492. The number of hydrogen-bond acceptors (Lipinski definition) is 4. The predicted molar refractivity (Wildman–Crippen MR) is 270 cm³/mol. The molecule has 4 atom stereocenters. The van der Waals surface area contributed by atoms with Gasteiger partial charge in [-0.15, -0.1) is 0 Å². The summed E-state index contributed by atoms with van der Waals surface area (Å²) in [7, 11) is 0. The summed E-state index contributed by atoms with van der Waals surface area (Å²) >= 11 is 0. The normalized spacial score (nSPS) is 23.5. The fraction of sp³-hybridized carbons (Fsp3) is 0.242. The Kier molecular flexibility index (Phi) is 11.5. The highest BCUT2D eigenvalue weighted by molar-refractivity contribution is 5.88. The first-order chi connectivity index (χ1) is 32.3. The van der Waals surface area contributed by atoms with E-state index in [0.29, 0.717) is 5.75 Å². The summed E-state index contributed by atoms with van der Waals surface area (Å²) in [5.41, 5.74) is 17.4. The van der Waals surface area contributed by atoms with Gasteiger partial charge in [-0.25, -0.2) is 10.1 Å². The number of fused-ring (bicyclic) bond motifs is 2. The summed E-state index contributed by atoms with van der Waals surface area (Å²) in [6.45, 7) is 9.37. The van der Waals surface area contributed by atoms with E-state index in [9.17, 15) is 9.90 Å². The van der Waals surface area contributed by atoms with Crippen molar-refractivity contribution in [3.05, 3.63) is 227 Å². The van der Waals surface area contributed by atoms with E-state index in [0.717, 1.165) is 67.2 Å². The lowest BCUT2D eigenvalue weighted by Gasteiger charge is -2.64. The number of aryl methyl sites for hydroxylation is 2. The highest BCUT2D eigenvalue weighted by Crippen LogP contribution is 2.69. The summed E-state index contributed by atoms with van der Waals surface area (Å²) in [6.07, 6.45) is 12.2. The zero-order chi connectivity index (χ0) is 46.4. The number of allylic oxidation sites excluding steroid dienone is 4. The Balaban J connectivity index is 1.10. The Morgan fingerprint density at radius 3 is 1.25 bits per heavy atom. The zero-order valence-electron chi connectivity index (χ0n) is 38.9. The van der Waals surface area contributed by atoms with Crippen LogP contribution in [0.25, 0.3) is 39.0 Å². The molecule has 3 aliphatic carbocycles. The van der Waals surface area contributed by atoms with E-state index in [1.807, 2.05) is 24.3 Å². The lowest BCUT2D eigenvalue weighted by atomic mass is 9.39. The Labute approximate surface area is 395 Å². The van der Waals surface area contributed by atoms with E-state index < -0.39 is 5.97 Å². The summed E-state index contributed by atoms with van der Waals surface area (Å²) in [6, 6.07) is 60.6. The van der Waals surface area contributed by atoms with Gasteiger partial charge in [0.05, 0.1) is 5.56 Å². The Morgan fingerprint density at radius 1 is 0.448 bits per heavy atom. The van der Waals surface area contributed by atoms with Gasteiger partial charge in [0.1, 0.15) is 0 Å². The third kappa shape index (κ3) is 8.59. The average molecular weight is 883 g/mol. The molecule has 336 valence electrons. The number of carbonyl (C=O) groups is 1. The summed E-state index contributed by atoms with van der Waals surface area (Å²) in [4.78, 5) is 16.5. The maximum absolute atomic E-state index is 11.7. The number of hydrogen-bond donors (Lipinski definition) is 2. The van der Waals surface area contributed by atoms with Crippen molar-refractivity contribution in [3.63, 3.8) is 0 Å². The molecule has 2 bridgehead atoms. The van der Waals surface area contributed by atoms with Crippen LogP contribution in [-0.2, 0) is 21.3 Å². The quantitative estimate of drug-likeness (QED) is 0.1000. The van der Waals surface area contributed by atoms with Crippen molar-refractivity contribution in [2.45, 2.75) is 88.9 Å². The van der Waals surface area contributed by atoms with E-state index in [4.69, 9.17) is 10.1 Å². The largest absolute Gasteiger partial charge is 0.478 e. The molecule has 0 heterocycles. The highest BCUT2D eigenvalue weighted by Gasteiger charge is 2.62. The van der Waals surface area contributed by atoms with Crippen LogP contribution < -0.4 is 4.89 Å². The first-order valence-corrected chi connectivity index (χ1v) is 23.6. The molecule has 2 N–H and O–H groups in total. The molecule has 5 nitrogen and oxygen atoms in total. The first kappa shape index (κ1) is 44.1. The van der Waals surface area contributed by atoms with Gasteiger partial charge in [0, 0.05) is 0 Å². The summed E-state index contributed by atoms with van der Waals surface area (Å²) < 4.78 is 0. The van der Waals surface area contributed by atoms with Gasteiger partial charge in [-0.2, -0.15) is 0 Å². The van der Waals surface area contributed by atoms with Crippen LogP contribution in [0.3, 0.4) is 0 Å². The van der Waals surface area contributed by atoms with Crippen molar-refractivity contribution < 1.29 is 25.1 Å². The predicted octanol–water partition coefficient (Wildman–Crippen LogP) is 15.7. The van der Waals surface area contributed by atoms with E-state index in [2.05, 4.69) is 166 Å². The van der Waals surface area contributed by atoms with Crippen LogP contribution in [0.1, 0.15) is 103 Å². The SMILES string of the molecule is Cc1ccc(C2=CC=C(C34CC(C)(c5ccc(-c6ccc(C)cc6)cc5)CC(c5ccc(-c6ccc(C(=O)O)cc6)cc5)(C3)CC(C)(c3ccc(-c5ccc(OOO)cc5)cc3)C4)CC2)cc1. The molecule has 67 heavy (non-hydrogen) atoms. The molecule has 7 aromatic rings. The van der Waals surface area contributed by atoms with E-state index in [1.54, 1.807) is 29.8 Å². The van der Waals surface area contributed by atoms with Gasteiger partial charge in [0.2, 0.25) is 0 Å². The maximum atomic E-state index is 11.7. The molecule has 2 fully saturated rings. The lowest BCUT2D eigenvalue weighted by molar-refractivity contribution is -0.438. The second-order valence-corrected chi connectivity index (χ2v) is 20.5. The molecular formula is C62H58O5. The Bertz CT molecular complexity index is 2970. The molecule has 3 aliphatic rings. The van der Waals surface area contributed by atoms with Crippen LogP contribution in [0.2, 0.25) is 0 Å². The molecule has 4 unspecified atom stereocenters. The second-order valence-electron chi connectivity index (χ2n) is 20.5. The fourth-order valence-electron chi connectivity index (χ4n) is 12.7. The minimum atomic E-state index is -0.918. The number of carboxylic acids is 1. The highest BCUT2D eigenvalue weighted by atomic mass is 17.5. The van der Waals surface area contributed by atoms with Crippen LogP contribution in [0.4, 0.5) is 0 Å². The summed E-state index contributed by atoms with van der Waals surface area (Å²) in [5, 5.41) is 22.3. The second kappa shape index (κ2) is 17.5. The minimum absolute atomic E-state index is 0.0977. The third-order valence-electron chi connectivity index (χ3n) is 15.7. The van der Waals surface area contributed by atoms with Crippen LogP contribution in [-0.4, -0.2) is 16.3 Å². The van der Waals surface area contributed by atoms with E-state index in [1.165, 1.54) is 50.1 Å². The maximum Gasteiger partial charge on any atom is 0.335 e. The van der Waals surface area contributed by atoms with Crippen LogP contribution in [0, 0.1) is 19.3 Å². The molecule has 0 saturated heterocycles. The molecule has 0 amide bonds. The Morgan fingerprint density at radius 2 is 0.836 bits per heavy atom. The fourth-order valence-corrected chi connectivity index (χ4v) is 12.7. The molecule has 5 heteroatoms. The van der Waals surface area contributed by atoms with Crippen LogP contribution in [0.15, 0.2) is 188 Å². The van der Waals surface area contributed by atoms with Crippen molar-refractivity contribution >= 4 is 11.5 Å². The minimum Gasteiger partial charge on any atom is -0.478 e. The zero-order valence-corrected chi connectivity index (χ0v) is 38.9. The van der Waals surface area contributed by atoms with Crippen LogP contribution >= 0.6 is 0 Å². The molecule has 2 saturated carbocycles. The van der Waals surface area contributed by atoms with Gasteiger partial charge < -0.3 is 9.99 Å². The van der Waals surface area contributed by atoms with Gasteiger partial charge >= 0.3 is 5.97 Å². The average Bonchev–Trinajstić information content (AvgIpc) is 3.35. The van der Waals surface area contributed by atoms with E-state index >= 15 is 0 Å². The molecule has 0 radical (unpaired) electrons. The van der Waals surface area contributed by atoms with E-state index in [-0.39, 0.29) is 27.2 Å².